The molecule has 11 nitrogen and oxygen atoms in total. The van der Waals surface area contributed by atoms with Crippen LogP contribution in [-0.2, 0) is 19.7 Å². The molecule has 0 spiro atoms. The number of carboxylic acids is 2. The van der Waals surface area contributed by atoms with Gasteiger partial charge in [0, 0.05) is 11.4 Å². The van der Waals surface area contributed by atoms with Crippen molar-refractivity contribution in [1.82, 2.24) is 0 Å². The molecular formula is C30H64N2O9S. The summed E-state index contributed by atoms with van der Waals surface area (Å²) in [6, 6.07) is 0. The lowest BCUT2D eigenvalue weighted by atomic mass is 9.68. The first kappa shape index (κ1) is 45.1. The smallest absolute Gasteiger partial charge is 0.274 e. The van der Waals surface area contributed by atoms with Crippen molar-refractivity contribution >= 4 is 22.1 Å². The minimum absolute atomic E-state index is 0.174. The van der Waals surface area contributed by atoms with Gasteiger partial charge in [0.05, 0.1) is 61.5 Å². The predicted molar refractivity (Wildman–Crippen MR) is 164 cm³/mol. The number of likely N-dealkylation sites (N-methyl/N-ethyl adjacent to an activating group) is 2. The van der Waals surface area contributed by atoms with E-state index >= 15 is 0 Å². The van der Waals surface area contributed by atoms with Crippen LogP contribution >= 0.6 is 0 Å². The number of aliphatic hydroxyl groups excluding tert-OH is 2. The van der Waals surface area contributed by atoms with Crippen LogP contribution in [0.15, 0.2) is 0 Å². The second-order valence-corrected chi connectivity index (χ2v) is 14.9. The summed E-state index contributed by atoms with van der Waals surface area (Å²) in [5.74, 6) is -4.22. The summed E-state index contributed by atoms with van der Waals surface area (Å²) in [7, 11) is 7.11. The number of hydrogen-bond donors (Lipinski definition) is 3. The van der Waals surface area contributed by atoms with Crippen LogP contribution in [0.4, 0.5) is 0 Å². The van der Waals surface area contributed by atoms with Crippen LogP contribution < -0.4 is 10.2 Å². The third-order valence-electron chi connectivity index (χ3n) is 7.35. The maximum Gasteiger partial charge on any atom is 0.274 e. The largest absolute Gasteiger partial charge is 0.549 e. The maximum absolute atomic E-state index is 12.3. The monoisotopic (exact) mass is 628 g/mol. The third kappa shape index (κ3) is 21.4. The number of carboxylic acid groups (broad SMARTS) is 2. The fraction of sp³-hybridized carbons (Fsp3) is 0.933. The Bertz CT molecular complexity index is 788. The Morgan fingerprint density at radius 3 is 1.21 bits per heavy atom. The van der Waals surface area contributed by atoms with Crippen LogP contribution in [0.1, 0.15) is 91.9 Å². The van der Waals surface area contributed by atoms with Gasteiger partial charge in [-0.15, -0.1) is 0 Å². The molecule has 3 N–H and O–H groups in total. The van der Waals surface area contributed by atoms with Crippen molar-refractivity contribution in [3.8, 4) is 0 Å². The van der Waals surface area contributed by atoms with E-state index in [1.54, 1.807) is 0 Å². The molecule has 12 heteroatoms. The Labute approximate surface area is 256 Å². The van der Waals surface area contributed by atoms with Gasteiger partial charge in [0.25, 0.3) is 10.1 Å². The van der Waals surface area contributed by atoms with Gasteiger partial charge in [-0.2, -0.15) is 8.42 Å². The van der Waals surface area contributed by atoms with E-state index in [0.29, 0.717) is 25.7 Å². The van der Waals surface area contributed by atoms with Gasteiger partial charge in [-0.25, -0.2) is 0 Å². The lowest BCUT2D eigenvalue weighted by Crippen LogP contribution is -2.60. The lowest BCUT2D eigenvalue weighted by molar-refractivity contribution is -0.870. The zero-order valence-corrected chi connectivity index (χ0v) is 29.0. The van der Waals surface area contributed by atoms with E-state index in [1.165, 1.54) is 0 Å². The van der Waals surface area contributed by atoms with Crippen molar-refractivity contribution in [3.05, 3.63) is 0 Å². The van der Waals surface area contributed by atoms with E-state index < -0.39 is 32.7 Å². The summed E-state index contributed by atoms with van der Waals surface area (Å²) in [5.41, 5.74) is -2.23. The van der Waals surface area contributed by atoms with Crippen LogP contribution in [0.25, 0.3) is 0 Å². The standard InChI is InChI=1S/C20H38O7S.2C5H14NO/c1-5-9-11-15(7-3)13-20(19(23)24,14-16(8-4)12-10-6-2)17(18(21)22)28(25,26)27;2*1-6(2,3)4-5-7/h15-17H,5-14H2,1-4H3,(H,21,22)(H,23,24)(H,25,26,27);2*7H,4-5H2,1-3H3/q;2*+1/p-2. The van der Waals surface area contributed by atoms with Gasteiger partial charge in [0.15, 0.2) is 0 Å². The van der Waals surface area contributed by atoms with Crippen LogP contribution in [0.5, 0.6) is 0 Å². The van der Waals surface area contributed by atoms with E-state index in [0.717, 1.165) is 47.7 Å². The maximum atomic E-state index is 12.3. The van der Waals surface area contributed by atoms with E-state index in [-0.39, 0.29) is 37.9 Å². The third-order valence-corrected chi connectivity index (χ3v) is 8.59. The normalized spacial score (nSPS) is 15.6. The molecule has 0 aliphatic rings. The highest BCUT2D eigenvalue weighted by Gasteiger charge is 2.49. The molecule has 0 saturated carbocycles. The van der Waals surface area contributed by atoms with E-state index in [4.69, 9.17) is 10.2 Å². The van der Waals surface area contributed by atoms with Crippen molar-refractivity contribution in [2.24, 2.45) is 17.3 Å². The second-order valence-electron chi connectivity index (χ2n) is 13.4. The van der Waals surface area contributed by atoms with Crippen molar-refractivity contribution in [2.75, 3.05) is 68.6 Å². The molecule has 0 heterocycles. The summed E-state index contributed by atoms with van der Waals surface area (Å²) >= 11 is 0. The quantitative estimate of drug-likeness (QED) is 0.133. The van der Waals surface area contributed by atoms with Crippen molar-refractivity contribution in [3.63, 3.8) is 0 Å². The predicted octanol–water partition coefficient (Wildman–Crippen LogP) is 1.31. The minimum atomic E-state index is -5.20. The Morgan fingerprint density at radius 2 is 1.07 bits per heavy atom. The van der Waals surface area contributed by atoms with Crippen LogP contribution in [0, 0.1) is 17.3 Å². The highest BCUT2D eigenvalue weighted by atomic mass is 32.2. The second kappa shape index (κ2) is 22.2. The first-order valence-electron chi connectivity index (χ1n) is 15.3. The average molecular weight is 629 g/mol. The number of aliphatic carboxylic acids is 2. The van der Waals surface area contributed by atoms with Gasteiger partial charge >= 0.3 is 0 Å². The Balaban J connectivity index is -0.000000886. The number of carbonyl (C=O) groups is 2. The minimum Gasteiger partial charge on any atom is -0.549 e. The molecule has 254 valence electrons. The van der Waals surface area contributed by atoms with Crippen molar-refractivity contribution < 1.29 is 52.0 Å². The highest BCUT2D eigenvalue weighted by molar-refractivity contribution is 7.87. The number of quaternary nitrogens is 2. The molecule has 0 saturated heterocycles. The number of carbonyl (C=O) groups excluding carboxylic acids is 2. The summed E-state index contributed by atoms with van der Waals surface area (Å²) in [4.78, 5) is 24.0. The Hall–Kier alpha value is -1.31. The first-order chi connectivity index (χ1) is 19.1. The average Bonchev–Trinajstić information content (AvgIpc) is 2.82. The fourth-order valence-electron chi connectivity index (χ4n) is 4.72. The zero-order valence-electron chi connectivity index (χ0n) is 28.2. The molecule has 42 heavy (non-hydrogen) atoms. The Morgan fingerprint density at radius 1 is 0.738 bits per heavy atom. The number of unbranched alkanes of at least 4 members (excludes halogenated alkanes) is 2. The molecule has 0 aromatic rings. The molecular weight excluding hydrogens is 564 g/mol. The molecule has 3 unspecified atom stereocenters. The number of nitrogens with zero attached hydrogens (tertiary/aromatic N) is 2. The van der Waals surface area contributed by atoms with Gasteiger partial charge in [0.1, 0.15) is 18.3 Å². The van der Waals surface area contributed by atoms with Crippen LogP contribution in [0.3, 0.4) is 0 Å². The van der Waals surface area contributed by atoms with Crippen LogP contribution in [0.2, 0.25) is 0 Å². The van der Waals surface area contributed by atoms with E-state index in [2.05, 4.69) is 42.3 Å². The number of hydrogen-bond acceptors (Lipinski definition) is 8. The summed E-state index contributed by atoms with van der Waals surface area (Å²) in [6.07, 6.45) is 5.50. The SMILES string of the molecule is CCCCC(CC)CC(CC(CC)CCCC)(C(=O)[O-])C(C(=O)[O-])S(=O)(=O)O.C[N+](C)(C)CCO.C[N+](C)(C)CCO. The first-order valence-corrected chi connectivity index (χ1v) is 16.8. The van der Waals surface area contributed by atoms with Crippen molar-refractivity contribution in [2.45, 2.75) is 97.2 Å². The Kier molecular flexibility index (Phi) is 23.9. The van der Waals surface area contributed by atoms with Gasteiger partial charge in [-0.1, -0.05) is 79.1 Å². The van der Waals surface area contributed by atoms with E-state index in [1.807, 2.05) is 27.7 Å². The highest BCUT2D eigenvalue weighted by Crippen LogP contribution is 2.43. The molecule has 0 aromatic carbocycles. The molecule has 0 amide bonds. The molecule has 0 aliphatic carbocycles. The van der Waals surface area contributed by atoms with E-state index in [9.17, 15) is 32.8 Å². The molecule has 0 aromatic heterocycles. The fourth-order valence-corrected chi connectivity index (χ4v) is 5.82. The molecule has 3 atom stereocenters. The topological polar surface area (TPSA) is 175 Å². The summed E-state index contributed by atoms with van der Waals surface area (Å²) in [6.45, 7) is 9.91. The van der Waals surface area contributed by atoms with Crippen molar-refractivity contribution in [1.29, 1.82) is 0 Å². The molecule has 0 rings (SSSR count). The molecule has 0 bridgehead atoms. The van der Waals surface area contributed by atoms with Crippen LogP contribution in [-0.4, -0.2) is 118 Å². The lowest BCUT2D eigenvalue weighted by Gasteiger charge is -2.44. The number of aliphatic hydroxyl groups is 2. The summed E-state index contributed by atoms with van der Waals surface area (Å²) < 4.78 is 35.2. The summed E-state index contributed by atoms with van der Waals surface area (Å²) in [5, 5.41) is 38.2. The molecule has 0 aliphatic heterocycles. The molecule has 0 fully saturated rings. The number of rotatable bonds is 20. The van der Waals surface area contributed by atoms with Gasteiger partial charge < -0.3 is 39.0 Å². The van der Waals surface area contributed by atoms with Gasteiger partial charge in [-0.3, -0.25) is 4.55 Å². The zero-order chi connectivity index (χ0) is 33.8. The molecule has 0 radical (unpaired) electrons. The van der Waals surface area contributed by atoms with Gasteiger partial charge in [0.2, 0.25) is 0 Å². The van der Waals surface area contributed by atoms with Gasteiger partial charge in [-0.05, 0) is 24.7 Å².